The van der Waals surface area contributed by atoms with Crippen LogP contribution in [0.5, 0.6) is 0 Å². The highest BCUT2D eigenvalue weighted by Crippen LogP contribution is 2.38. The first-order chi connectivity index (χ1) is 8.06. The van der Waals surface area contributed by atoms with Gasteiger partial charge in [0.25, 0.3) is 6.43 Å². The summed E-state index contributed by atoms with van der Waals surface area (Å²) in [6.07, 6.45) is -3.99. The smallest absolute Gasteiger partial charge is 0.282 e. The molecule has 1 fully saturated rings. The van der Waals surface area contributed by atoms with Crippen molar-refractivity contribution in [3.05, 3.63) is 17.2 Å². The van der Waals surface area contributed by atoms with Crippen molar-refractivity contribution in [3.63, 3.8) is 0 Å². The normalized spacial score (nSPS) is 24.1. The molecule has 0 amide bonds. The van der Waals surface area contributed by atoms with Gasteiger partial charge in [-0.3, -0.25) is 0 Å². The lowest BCUT2D eigenvalue weighted by molar-refractivity contribution is -0.191. The Bertz CT molecular complexity index is 409. The van der Waals surface area contributed by atoms with Crippen LogP contribution in [0.3, 0.4) is 0 Å². The van der Waals surface area contributed by atoms with Crippen LogP contribution in [0.25, 0.3) is 0 Å². The minimum Gasteiger partial charge on any atom is -0.373 e. The fourth-order valence-corrected chi connectivity index (χ4v) is 1.85. The van der Waals surface area contributed by atoms with Crippen LogP contribution in [-0.4, -0.2) is 29.1 Å². The molecular formula is C10H13F3N2O2. The SMILES string of the molecule is CCOC1COC1c1c(C(F)F)nn(C)c1F. The summed E-state index contributed by atoms with van der Waals surface area (Å²) in [4.78, 5) is 0. The van der Waals surface area contributed by atoms with Crippen LogP contribution in [0.2, 0.25) is 0 Å². The Kier molecular flexibility index (Phi) is 3.39. The van der Waals surface area contributed by atoms with E-state index in [0.29, 0.717) is 6.61 Å². The highest BCUT2D eigenvalue weighted by molar-refractivity contribution is 5.25. The molecule has 4 nitrogen and oxygen atoms in total. The minimum absolute atomic E-state index is 0.188. The third-order valence-corrected chi connectivity index (χ3v) is 2.69. The molecule has 1 aromatic rings. The molecule has 0 N–H and O–H groups in total. The molecule has 2 unspecified atom stereocenters. The molecule has 96 valence electrons. The van der Waals surface area contributed by atoms with Gasteiger partial charge in [-0.25, -0.2) is 13.5 Å². The molecule has 0 bridgehead atoms. The van der Waals surface area contributed by atoms with Gasteiger partial charge in [-0.05, 0) is 6.92 Å². The molecule has 2 heterocycles. The monoisotopic (exact) mass is 250 g/mol. The molecule has 1 saturated heterocycles. The summed E-state index contributed by atoms with van der Waals surface area (Å²) in [6.45, 7) is 2.49. The van der Waals surface area contributed by atoms with E-state index in [2.05, 4.69) is 5.10 Å². The molecule has 2 rings (SSSR count). The van der Waals surface area contributed by atoms with Gasteiger partial charge < -0.3 is 9.47 Å². The summed E-state index contributed by atoms with van der Waals surface area (Å²) in [5, 5.41) is 3.46. The van der Waals surface area contributed by atoms with Gasteiger partial charge in [0.2, 0.25) is 5.95 Å². The van der Waals surface area contributed by atoms with Crippen molar-refractivity contribution in [2.24, 2.45) is 7.05 Å². The number of hydrogen-bond acceptors (Lipinski definition) is 3. The predicted octanol–water partition coefficient (Wildman–Crippen LogP) is 1.97. The van der Waals surface area contributed by atoms with Crippen LogP contribution in [-0.2, 0) is 16.5 Å². The largest absolute Gasteiger partial charge is 0.373 e. The summed E-state index contributed by atoms with van der Waals surface area (Å²) >= 11 is 0. The van der Waals surface area contributed by atoms with Crippen molar-refractivity contribution in [2.75, 3.05) is 13.2 Å². The molecule has 0 radical (unpaired) electrons. The minimum atomic E-state index is -2.83. The molecule has 2 atom stereocenters. The fourth-order valence-electron chi connectivity index (χ4n) is 1.85. The molecule has 1 aromatic heterocycles. The second-order valence-electron chi connectivity index (χ2n) is 3.76. The summed E-state index contributed by atoms with van der Waals surface area (Å²) in [5.74, 6) is -0.797. The van der Waals surface area contributed by atoms with E-state index >= 15 is 0 Å². The van der Waals surface area contributed by atoms with Crippen LogP contribution in [0.4, 0.5) is 13.2 Å². The maximum Gasteiger partial charge on any atom is 0.282 e. The van der Waals surface area contributed by atoms with Crippen LogP contribution in [0.15, 0.2) is 0 Å². The van der Waals surface area contributed by atoms with Gasteiger partial charge in [0.15, 0.2) is 0 Å². The maximum absolute atomic E-state index is 13.7. The van der Waals surface area contributed by atoms with Crippen molar-refractivity contribution in [3.8, 4) is 0 Å². The Labute approximate surface area is 96.3 Å². The first-order valence-electron chi connectivity index (χ1n) is 5.29. The lowest BCUT2D eigenvalue weighted by Gasteiger charge is -2.36. The lowest BCUT2D eigenvalue weighted by atomic mass is 10.0. The molecule has 0 spiro atoms. The number of halogens is 3. The molecule has 17 heavy (non-hydrogen) atoms. The Morgan fingerprint density at radius 3 is 2.76 bits per heavy atom. The molecule has 0 aliphatic carbocycles. The average molecular weight is 250 g/mol. The number of ether oxygens (including phenoxy) is 2. The van der Waals surface area contributed by atoms with Gasteiger partial charge in [-0.1, -0.05) is 0 Å². The number of nitrogens with zero attached hydrogens (tertiary/aromatic N) is 2. The highest BCUT2D eigenvalue weighted by Gasteiger charge is 2.41. The molecule has 0 aromatic carbocycles. The quantitative estimate of drug-likeness (QED) is 0.819. The van der Waals surface area contributed by atoms with E-state index in [1.165, 1.54) is 7.05 Å². The zero-order chi connectivity index (χ0) is 12.6. The maximum atomic E-state index is 13.7. The number of alkyl halides is 2. The second kappa shape index (κ2) is 4.66. The standard InChI is InChI=1S/C10H13F3N2O2/c1-3-16-5-4-17-8(5)6-7(9(11)12)14-15(2)10(6)13/h5,8-9H,3-4H2,1-2H3. The van der Waals surface area contributed by atoms with Crippen LogP contribution in [0.1, 0.15) is 30.7 Å². The van der Waals surface area contributed by atoms with Gasteiger partial charge in [-0.2, -0.15) is 9.49 Å². The Morgan fingerprint density at radius 2 is 2.29 bits per heavy atom. The lowest BCUT2D eigenvalue weighted by Crippen LogP contribution is -2.40. The summed E-state index contributed by atoms with van der Waals surface area (Å²) in [5.41, 5.74) is -0.758. The molecule has 7 heteroatoms. The number of aromatic nitrogens is 2. The Hall–Kier alpha value is -1.08. The van der Waals surface area contributed by atoms with E-state index in [-0.39, 0.29) is 18.3 Å². The van der Waals surface area contributed by atoms with Crippen LogP contribution < -0.4 is 0 Å². The van der Waals surface area contributed by atoms with Crippen molar-refractivity contribution in [1.29, 1.82) is 0 Å². The fraction of sp³-hybridized carbons (Fsp3) is 0.700. The zero-order valence-corrected chi connectivity index (χ0v) is 9.49. The summed E-state index contributed by atoms with van der Waals surface area (Å²) < 4.78 is 50.3. The molecule has 1 aliphatic rings. The topological polar surface area (TPSA) is 36.3 Å². The van der Waals surface area contributed by atoms with Crippen molar-refractivity contribution >= 4 is 0 Å². The number of rotatable bonds is 4. The van der Waals surface area contributed by atoms with Crippen LogP contribution in [0, 0.1) is 5.95 Å². The zero-order valence-electron chi connectivity index (χ0n) is 9.49. The third-order valence-electron chi connectivity index (χ3n) is 2.69. The molecule has 0 saturated carbocycles. The van der Waals surface area contributed by atoms with E-state index in [0.717, 1.165) is 4.68 Å². The van der Waals surface area contributed by atoms with Gasteiger partial charge in [0.1, 0.15) is 17.9 Å². The first-order valence-corrected chi connectivity index (χ1v) is 5.29. The molecular weight excluding hydrogens is 237 g/mol. The third kappa shape index (κ3) is 2.04. The van der Waals surface area contributed by atoms with Crippen molar-refractivity contribution in [1.82, 2.24) is 9.78 Å². The van der Waals surface area contributed by atoms with Gasteiger partial charge >= 0.3 is 0 Å². The Morgan fingerprint density at radius 1 is 1.59 bits per heavy atom. The van der Waals surface area contributed by atoms with E-state index in [9.17, 15) is 13.2 Å². The van der Waals surface area contributed by atoms with Gasteiger partial charge in [0, 0.05) is 13.7 Å². The predicted molar refractivity (Wildman–Crippen MR) is 52.2 cm³/mol. The van der Waals surface area contributed by atoms with Crippen molar-refractivity contribution < 1.29 is 22.6 Å². The highest BCUT2D eigenvalue weighted by atomic mass is 19.3. The van der Waals surface area contributed by atoms with Gasteiger partial charge in [0.05, 0.1) is 12.2 Å². The summed E-state index contributed by atoms with van der Waals surface area (Å²) in [7, 11) is 1.28. The van der Waals surface area contributed by atoms with E-state index in [1.54, 1.807) is 6.92 Å². The molecule has 1 aliphatic heterocycles. The number of aryl methyl sites for hydroxylation is 1. The van der Waals surface area contributed by atoms with E-state index < -0.39 is 24.2 Å². The second-order valence-corrected chi connectivity index (χ2v) is 3.76. The van der Waals surface area contributed by atoms with Crippen molar-refractivity contribution in [2.45, 2.75) is 25.6 Å². The summed E-state index contributed by atoms with van der Waals surface area (Å²) in [6, 6.07) is 0. The van der Waals surface area contributed by atoms with Gasteiger partial charge in [-0.15, -0.1) is 0 Å². The Balaban J connectivity index is 2.31. The van der Waals surface area contributed by atoms with E-state index in [1.807, 2.05) is 0 Å². The number of hydrogen-bond donors (Lipinski definition) is 0. The van der Waals surface area contributed by atoms with Crippen LogP contribution >= 0.6 is 0 Å². The first kappa shape index (κ1) is 12.4. The average Bonchev–Trinajstić information content (AvgIpc) is 2.53. The van der Waals surface area contributed by atoms with E-state index in [4.69, 9.17) is 9.47 Å².